The third kappa shape index (κ3) is 2.71. The molecule has 5 heteroatoms. The van der Waals surface area contributed by atoms with E-state index in [0.29, 0.717) is 16.6 Å². The van der Waals surface area contributed by atoms with Crippen LogP contribution in [0.2, 0.25) is 5.02 Å². The number of rotatable bonds is 4. The molecule has 1 aromatic heterocycles. The molecular formula is C13H14ClN3O. The van der Waals surface area contributed by atoms with Gasteiger partial charge in [-0.05, 0) is 31.2 Å². The molecule has 4 nitrogen and oxygen atoms in total. The topological polar surface area (TPSA) is 47.0 Å². The molecule has 0 amide bonds. The quantitative estimate of drug-likeness (QED) is 0.920. The van der Waals surface area contributed by atoms with Crippen molar-refractivity contribution in [1.29, 1.82) is 0 Å². The van der Waals surface area contributed by atoms with Crippen LogP contribution in [0.5, 0.6) is 5.75 Å². The molecule has 0 spiro atoms. The van der Waals surface area contributed by atoms with Crippen LogP contribution in [0.4, 0.5) is 5.82 Å². The monoisotopic (exact) mass is 263 g/mol. The van der Waals surface area contributed by atoms with Gasteiger partial charge in [0, 0.05) is 17.8 Å². The highest BCUT2D eigenvalue weighted by Crippen LogP contribution is 2.30. The highest BCUT2D eigenvalue weighted by Gasteiger charge is 2.09. The molecule has 0 aliphatic carbocycles. The molecule has 0 bridgehead atoms. The Hall–Kier alpha value is -1.81. The van der Waals surface area contributed by atoms with E-state index in [1.807, 2.05) is 19.1 Å². The number of anilines is 1. The molecule has 1 N–H and O–H groups in total. The van der Waals surface area contributed by atoms with Gasteiger partial charge in [0.2, 0.25) is 0 Å². The van der Waals surface area contributed by atoms with Gasteiger partial charge in [-0.25, -0.2) is 9.97 Å². The summed E-state index contributed by atoms with van der Waals surface area (Å²) in [4.78, 5) is 8.68. The average molecular weight is 264 g/mol. The van der Waals surface area contributed by atoms with Crippen LogP contribution in [-0.2, 0) is 0 Å². The molecular weight excluding hydrogens is 250 g/mol. The van der Waals surface area contributed by atoms with Crippen molar-refractivity contribution in [2.75, 3.05) is 19.0 Å². The van der Waals surface area contributed by atoms with Gasteiger partial charge in [-0.2, -0.15) is 0 Å². The Balaban J connectivity index is 2.44. The Morgan fingerprint density at radius 1 is 1.33 bits per heavy atom. The Morgan fingerprint density at radius 2 is 2.17 bits per heavy atom. The number of hydrogen-bond donors (Lipinski definition) is 1. The lowest BCUT2D eigenvalue weighted by molar-refractivity contribution is 0.416. The Labute approximate surface area is 111 Å². The molecule has 0 saturated carbocycles. The molecule has 0 unspecified atom stereocenters. The van der Waals surface area contributed by atoms with Gasteiger partial charge in [0.05, 0.1) is 12.7 Å². The first kappa shape index (κ1) is 12.6. The summed E-state index contributed by atoms with van der Waals surface area (Å²) in [5, 5.41) is 3.77. The van der Waals surface area contributed by atoms with Crippen molar-refractivity contribution in [3.63, 3.8) is 0 Å². The van der Waals surface area contributed by atoms with Crippen LogP contribution in [-0.4, -0.2) is 23.6 Å². The minimum absolute atomic E-state index is 0.613. The van der Waals surface area contributed by atoms with E-state index in [-0.39, 0.29) is 0 Å². The Bertz CT molecular complexity index is 546. The predicted octanol–water partition coefficient (Wildman–Crippen LogP) is 3.24. The fourth-order valence-corrected chi connectivity index (χ4v) is 1.78. The zero-order valence-corrected chi connectivity index (χ0v) is 11.0. The second-order valence-corrected chi connectivity index (χ2v) is 4.08. The molecule has 2 aromatic rings. The van der Waals surface area contributed by atoms with E-state index in [2.05, 4.69) is 15.3 Å². The second kappa shape index (κ2) is 5.69. The van der Waals surface area contributed by atoms with E-state index in [4.69, 9.17) is 16.3 Å². The molecule has 0 aliphatic rings. The summed E-state index contributed by atoms with van der Waals surface area (Å²) >= 11 is 5.93. The van der Waals surface area contributed by atoms with E-state index in [9.17, 15) is 0 Å². The Kier molecular flexibility index (Phi) is 3.99. The number of aromatic nitrogens is 2. The number of ether oxygens (including phenoxy) is 1. The van der Waals surface area contributed by atoms with E-state index >= 15 is 0 Å². The van der Waals surface area contributed by atoms with Crippen LogP contribution in [0.15, 0.2) is 30.5 Å². The van der Waals surface area contributed by atoms with Crippen molar-refractivity contribution >= 4 is 17.4 Å². The van der Waals surface area contributed by atoms with Crippen LogP contribution in [0.1, 0.15) is 6.92 Å². The van der Waals surface area contributed by atoms with Gasteiger partial charge in [-0.1, -0.05) is 11.6 Å². The standard InChI is InChI=1S/C13H14ClN3O/c1-3-15-12-6-7-16-13(17-12)10-5-4-9(14)8-11(10)18-2/h4-8H,3H2,1-2H3,(H,15,16,17). The molecule has 0 saturated heterocycles. The van der Waals surface area contributed by atoms with Crippen LogP contribution < -0.4 is 10.1 Å². The van der Waals surface area contributed by atoms with Gasteiger partial charge in [-0.3, -0.25) is 0 Å². The predicted molar refractivity (Wildman–Crippen MR) is 73.2 cm³/mol. The molecule has 1 heterocycles. The van der Waals surface area contributed by atoms with Crippen LogP contribution in [0.25, 0.3) is 11.4 Å². The van der Waals surface area contributed by atoms with Crippen molar-refractivity contribution in [3.8, 4) is 17.1 Å². The highest BCUT2D eigenvalue weighted by atomic mass is 35.5. The number of nitrogens with one attached hydrogen (secondary N) is 1. The first-order chi connectivity index (χ1) is 8.74. The lowest BCUT2D eigenvalue weighted by Gasteiger charge is -2.09. The maximum atomic E-state index is 5.93. The summed E-state index contributed by atoms with van der Waals surface area (Å²) in [6, 6.07) is 7.23. The number of halogens is 1. The molecule has 18 heavy (non-hydrogen) atoms. The number of benzene rings is 1. The maximum Gasteiger partial charge on any atom is 0.165 e. The van der Waals surface area contributed by atoms with Crippen molar-refractivity contribution in [3.05, 3.63) is 35.5 Å². The number of nitrogens with zero attached hydrogens (tertiary/aromatic N) is 2. The minimum atomic E-state index is 0.613. The number of hydrogen-bond acceptors (Lipinski definition) is 4. The molecule has 1 aromatic carbocycles. The smallest absolute Gasteiger partial charge is 0.165 e. The van der Waals surface area contributed by atoms with E-state index in [1.54, 1.807) is 25.4 Å². The maximum absolute atomic E-state index is 5.93. The molecule has 2 rings (SSSR count). The third-order valence-electron chi connectivity index (χ3n) is 2.42. The lowest BCUT2D eigenvalue weighted by atomic mass is 10.2. The molecule has 0 radical (unpaired) electrons. The summed E-state index contributed by atoms with van der Waals surface area (Å²) in [5.41, 5.74) is 0.821. The van der Waals surface area contributed by atoms with E-state index < -0.39 is 0 Å². The summed E-state index contributed by atoms with van der Waals surface area (Å²) in [5.74, 6) is 2.07. The Morgan fingerprint density at radius 3 is 2.89 bits per heavy atom. The zero-order valence-electron chi connectivity index (χ0n) is 10.3. The minimum Gasteiger partial charge on any atom is -0.496 e. The fraction of sp³-hybridized carbons (Fsp3) is 0.231. The van der Waals surface area contributed by atoms with Gasteiger partial charge in [-0.15, -0.1) is 0 Å². The third-order valence-corrected chi connectivity index (χ3v) is 2.65. The van der Waals surface area contributed by atoms with Crippen molar-refractivity contribution < 1.29 is 4.74 Å². The highest BCUT2D eigenvalue weighted by molar-refractivity contribution is 6.30. The fourth-order valence-electron chi connectivity index (χ4n) is 1.62. The van der Waals surface area contributed by atoms with Crippen molar-refractivity contribution in [1.82, 2.24) is 9.97 Å². The molecule has 94 valence electrons. The van der Waals surface area contributed by atoms with E-state index in [1.165, 1.54) is 0 Å². The van der Waals surface area contributed by atoms with Crippen LogP contribution in [0.3, 0.4) is 0 Å². The van der Waals surface area contributed by atoms with Gasteiger partial charge in [0.25, 0.3) is 0 Å². The lowest BCUT2D eigenvalue weighted by Crippen LogP contribution is -2.01. The normalized spacial score (nSPS) is 10.2. The molecule has 0 aliphatic heterocycles. The summed E-state index contributed by atoms with van der Waals surface area (Å²) < 4.78 is 5.30. The molecule has 0 fully saturated rings. The summed E-state index contributed by atoms with van der Waals surface area (Å²) in [6.07, 6.45) is 1.72. The van der Waals surface area contributed by atoms with Gasteiger partial charge in [0.1, 0.15) is 11.6 Å². The summed E-state index contributed by atoms with van der Waals surface area (Å²) in [6.45, 7) is 2.83. The number of methoxy groups -OCH3 is 1. The van der Waals surface area contributed by atoms with Crippen molar-refractivity contribution in [2.24, 2.45) is 0 Å². The summed E-state index contributed by atoms with van der Waals surface area (Å²) in [7, 11) is 1.60. The average Bonchev–Trinajstić information content (AvgIpc) is 2.39. The van der Waals surface area contributed by atoms with Crippen LogP contribution >= 0.6 is 11.6 Å². The van der Waals surface area contributed by atoms with Gasteiger partial charge >= 0.3 is 0 Å². The largest absolute Gasteiger partial charge is 0.496 e. The SMILES string of the molecule is CCNc1ccnc(-c2ccc(Cl)cc2OC)n1. The van der Waals surface area contributed by atoms with Crippen LogP contribution in [0, 0.1) is 0 Å². The first-order valence-electron chi connectivity index (χ1n) is 5.65. The van der Waals surface area contributed by atoms with Gasteiger partial charge in [0.15, 0.2) is 5.82 Å². The molecule has 0 atom stereocenters. The van der Waals surface area contributed by atoms with E-state index in [0.717, 1.165) is 17.9 Å². The second-order valence-electron chi connectivity index (χ2n) is 3.64. The first-order valence-corrected chi connectivity index (χ1v) is 6.03. The van der Waals surface area contributed by atoms with Gasteiger partial charge < -0.3 is 10.1 Å². The zero-order chi connectivity index (χ0) is 13.0. The van der Waals surface area contributed by atoms with Crippen molar-refractivity contribution in [2.45, 2.75) is 6.92 Å².